The highest BCUT2D eigenvalue weighted by atomic mass is 15.3. The van der Waals surface area contributed by atoms with Crippen molar-refractivity contribution in [3.63, 3.8) is 0 Å². The maximum Gasteiger partial charge on any atom is 0.150 e. The Morgan fingerprint density at radius 3 is 2.59 bits per heavy atom. The van der Waals surface area contributed by atoms with E-state index < -0.39 is 0 Å². The summed E-state index contributed by atoms with van der Waals surface area (Å²) >= 11 is 0. The van der Waals surface area contributed by atoms with E-state index in [0.29, 0.717) is 0 Å². The molecule has 1 N–H and O–H groups in total. The van der Waals surface area contributed by atoms with Crippen LogP contribution in [0.25, 0.3) is 0 Å². The summed E-state index contributed by atoms with van der Waals surface area (Å²) in [5.74, 6) is 2.81. The molecule has 0 aliphatic rings. The van der Waals surface area contributed by atoms with Gasteiger partial charge in [-0.15, -0.1) is 0 Å². The first kappa shape index (κ1) is 14.2. The van der Waals surface area contributed by atoms with Gasteiger partial charge in [0.15, 0.2) is 5.82 Å². The topological polar surface area (TPSA) is 42.7 Å². The summed E-state index contributed by atoms with van der Waals surface area (Å²) < 4.78 is 2.07. The van der Waals surface area contributed by atoms with Gasteiger partial charge in [-0.2, -0.15) is 5.10 Å². The average molecular weight is 238 g/mol. The van der Waals surface area contributed by atoms with E-state index in [1.165, 1.54) is 0 Å². The predicted molar refractivity (Wildman–Crippen MR) is 71.1 cm³/mol. The van der Waals surface area contributed by atoms with Crippen molar-refractivity contribution >= 4 is 0 Å². The zero-order chi connectivity index (χ0) is 12.7. The van der Waals surface area contributed by atoms with Crippen molar-refractivity contribution in [3.8, 4) is 0 Å². The van der Waals surface area contributed by atoms with Crippen LogP contribution in [-0.2, 0) is 19.4 Å². The van der Waals surface area contributed by atoms with Gasteiger partial charge in [0, 0.05) is 19.4 Å². The summed E-state index contributed by atoms with van der Waals surface area (Å²) in [5.41, 5.74) is 0. The third-order valence-electron chi connectivity index (χ3n) is 2.70. The van der Waals surface area contributed by atoms with Gasteiger partial charge in [0.05, 0.1) is 0 Å². The maximum atomic E-state index is 4.51. The number of nitrogens with zero attached hydrogens (tertiary/aromatic N) is 3. The molecule has 0 spiro atoms. The Kier molecular flexibility index (Phi) is 6.19. The molecule has 1 aromatic heterocycles. The fourth-order valence-corrected chi connectivity index (χ4v) is 1.76. The van der Waals surface area contributed by atoms with Gasteiger partial charge in [0.1, 0.15) is 5.82 Å². The van der Waals surface area contributed by atoms with Gasteiger partial charge in [0.2, 0.25) is 0 Å². The van der Waals surface area contributed by atoms with Crippen molar-refractivity contribution in [2.45, 2.75) is 53.5 Å². The number of aryl methyl sites for hydroxylation is 3. The Hall–Kier alpha value is -0.900. The smallest absolute Gasteiger partial charge is 0.150 e. The van der Waals surface area contributed by atoms with Crippen LogP contribution >= 0.6 is 0 Å². The highest BCUT2D eigenvalue weighted by Gasteiger charge is 2.06. The maximum absolute atomic E-state index is 4.51. The van der Waals surface area contributed by atoms with E-state index in [4.69, 9.17) is 0 Å². The zero-order valence-electron chi connectivity index (χ0n) is 11.7. The largest absolute Gasteiger partial charge is 0.316 e. The van der Waals surface area contributed by atoms with Crippen molar-refractivity contribution in [2.75, 3.05) is 13.1 Å². The minimum atomic E-state index is 0.722. The molecule has 0 bridgehead atoms. The third kappa shape index (κ3) is 4.86. The van der Waals surface area contributed by atoms with Crippen LogP contribution in [-0.4, -0.2) is 27.9 Å². The Morgan fingerprint density at radius 1 is 1.24 bits per heavy atom. The fraction of sp³-hybridized carbons (Fsp3) is 0.846. The molecule has 17 heavy (non-hydrogen) atoms. The standard InChI is InChI=1S/C13H26N4/c1-5-12-15-13(6-2)17(16-12)9-7-8-14-10-11(3)4/h11,14H,5-10H2,1-4H3. The zero-order valence-corrected chi connectivity index (χ0v) is 11.7. The van der Waals surface area contributed by atoms with Crippen LogP contribution in [0.1, 0.15) is 45.8 Å². The van der Waals surface area contributed by atoms with Gasteiger partial charge in [-0.25, -0.2) is 9.67 Å². The summed E-state index contributed by atoms with van der Waals surface area (Å²) in [6.07, 6.45) is 3.00. The monoisotopic (exact) mass is 238 g/mol. The summed E-state index contributed by atoms with van der Waals surface area (Å²) in [7, 11) is 0. The first-order valence-corrected chi connectivity index (χ1v) is 6.80. The van der Waals surface area contributed by atoms with Crippen LogP contribution in [0.2, 0.25) is 0 Å². The molecule has 0 atom stereocenters. The van der Waals surface area contributed by atoms with E-state index in [1.54, 1.807) is 0 Å². The van der Waals surface area contributed by atoms with E-state index in [1.807, 2.05) is 0 Å². The molecule has 0 saturated carbocycles. The SMILES string of the molecule is CCc1nc(CC)n(CCCNCC(C)C)n1. The van der Waals surface area contributed by atoms with E-state index in [0.717, 1.165) is 56.5 Å². The summed E-state index contributed by atoms with van der Waals surface area (Å²) in [6, 6.07) is 0. The first-order chi connectivity index (χ1) is 8.17. The summed E-state index contributed by atoms with van der Waals surface area (Å²) in [4.78, 5) is 4.51. The quantitative estimate of drug-likeness (QED) is 0.705. The molecule has 0 aromatic carbocycles. The van der Waals surface area contributed by atoms with Crippen molar-refractivity contribution in [3.05, 3.63) is 11.6 Å². The number of hydrogen-bond acceptors (Lipinski definition) is 3. The molecule has 1 heterocycles. The Bertz CT molecular complexity index is 317. The lowest BCUT2D eigenvalue weighted by Crippen LogP contribution is -2.22. The lowest BCUT2D eigenvalue weighted by Gasteiger charge is -2.08. The number of hydrogen-bond donors (Lipinski definition) is 1. The van der Waals surface area contributed by atoms with Crippen molar-refractivity contribution < 1.29 is 0 Å². The van der Waals surface area contributed by atoms with Gasteiger partial charge in [0.25, 0.3) is 0 Å². The minimum Gasteiger partial charge on any atom is -0.316 e. The van der Waals surface area contributed by atoms with Crippen LogP contribution in [0.3, 0.4) is 0 Å². The summed E-state index contributed by atoms with van der Waals surface area (Å²) in [6.45, 7) is 11.8. The Balaban J connectivity index is 2.32. The van der Waals surface area contributed by atoms with E-state index in [-0.39, 0.29) is 0 Å². The van der Waals surface area contributed by atoms with Crippen LogP contribution in [0.5, 0.6) is 0 Å². The predicted octanol–water partition coefficient (Wildman–Crippen LogP) is 2.04. The second kappa shape index (κ2) is 7.43. The lowest BCUT2D eigenvalue weighted by atomic mass is 10.2. The molecular formula is C13H26N4. The molecule has 0 amide bonds. The molecule has 0 unspecified atom stereocenters. The number of rotatable bonds is 8. The molecule has 1 rings (SSSR count). The normalized spacial score (nSPS) is 11.4. The van der Waals surface area contributed by atoms with Gasteiger partial charge in [-0.1, -0.05) is 27.7 Å². The molecule has 0 aliphatic heterocycles. The van der Waals surface area contributed by atoms with E-state index in [2.05, 4.69) is 47.8 Å². The molecule has 0 fully saturated rings. The molecule has 1 aromatic rings. The van der Waals surface area contributed by atoms with Gasteiger partial charge in [-0.05, 0) is 25.4 Å². The van der Waals surface area contributed by atoms with E-state index >= 15 is 0 Å². The molecule has 98 valence electrons. The summed E-state index contributed by atoms with van der Waals surface area (Å²) in [5, 5.41) is 7.96. The van der Waals surface area contributed by atoms with Gasteiger partial charge >= 0.3 is 0 Å². The Morgan fingerprint density at radius 2 is 2.00 bits per heavy atom. The molecular weight excluding hydrogens is 212 g/mol. The minimum absolute atomic E-state index is 0.722. The van der Waals surface area contributed by atoms with Gasteiger partial charge in [-0.3, -0.25) is 0 Å². The van der Waals surface area contributed by atoms with Crippen molar-refractivity contribution in [1.29, 1.82) is 0 Å². The molecule has 4 nitrogen and oxygen atoms in total. The van der Waals surface area contributed by atoms with Crippen molar-refractivity contribution in [2.24, 2.45) is 5.92 Å². The first-order valence-electron chi connectivity index (χ1n) is 6.80. The molecule has 0 radical (unpaired) electrons. The van der Waals surface area contributed by atoms with E-state index in [9.17, 15) is 0 Å². The second-order valence-corrected chi connectivity index (χ2v) is 4.83. The molecule has 4 heteroatoms. The third-order valence-corrected chi connectivity index (χ3v) is 2.70. The fourth-order valence-electron chi connectivity index (χ4n) is 1.76. The number of aromatic nitrogens is 3. The van der Waals surface area contributed by atoms with Gasteiger partial charge < -0.3 is 5.32 Å². The highest BCUT2D eigenvalue weighted by molar-refractivity contribution is 4.92. The molecule has 0 saturated heterocycles. The van der Waals surface area contributed by atoms with Crippen molar-refractivity contribution in [1.82, 2.24) is 20.1 Å². The van der Waals surface area contributed by atoms with Crippen LogP contribution in [0.4, 0.5) is 0 Å². The van der Waals surface area contributed by atoms with Crippen LogP contribution < -0.4 is 5.32 Å². The molecule has 0 aliphatic carbocycles. The average Bonchev–Trinajstić information content (AvgIpc) is 2.70. The number of nitrogens with one attached hydrogen (secondary N) is 1. The van der Waals surface area contributed by atoms with Crippen LogP contribution in [0.15, 0.2) is 0 Å². The highest BCUT2D eigenvalue weighted by Crippen LogP contribution is 2.01. The Labute approximate surface area is 105 Å². The lowest BCUT2D eigenvalue weighted by molar-refractivity contribution is 0.496. The van der Waals surface area contributed by atoms with Crippen LogP contribution in [0, 0.1) is 5.92 Å². The second-order valence-electron chi connectivity index (χ2n) is 4.83.